The number of halogens is 1. The molecule has 0 unspecified atom stereocenters. The Labute approximate surface area is 205 Å². The van der Waals surface area contributed by atoms with Crippen molar-refractivity contribution in [3.05, 3.63) is 89.8 Å². The number of aryl methyl sites for hydroxylation is 2. The summed E-state index contributed by atoms with van der Waals surface area (Å²) in [4.78, 5) is 21.8. The molecule has 0 spiro atoms. The summed E-state index contributed by atoms with van der Waals surface area (Å²) in [5, 5.41) is 17.1. The number of rotatable bonds is 5. The molecule has 4 heterocycles. The van der Waals surface area contributed by atoms with E-state index in [1.807, 2.05) is 0 Å². The molecular formula is C26H22FN6O3+. The van der Waals surface area contributed by atoms with Crippen molar-refractivity contribution in [2.75, 3.05) is 12.4 Å². The molecule has 0 saturated carbocycles. The minimum atomic E-state index is -0.435. The predicted octanol–water partition coefficient (Wildman–Crippen LogP) is 4.00. The number of nitrogens with one attached hydrogen (secondary N) is 1. The number of methoxy groups -OCH3 is 1. The number of carbonyl (C=O) groups excluding carboxylic acids is 1. The van der Waals surface area contributed by atoms with E-state index in [9.17, 15) is 14.4 Å². The van der Waals surface area contributed by atoms with Gasteiger partial charge in [0.05, 0.1) is 19.0 Å². The van der Waals surface area contributed by atoms with Gasteiger partial charge in [0.15, 0.2) is 11.4 Å². The van der Waals surface area contributed by atoms with Gasteiger partial charge in [0, 0.05) is 41.1 Å². The summed E-state index contributed by atoms with van der Waals surface area (Å²) in [5.74, 6) is 0.0704. The summed E-state index contributed by atoms with van der Waals surface area (Å²) in [6, 6.07) is 13.2. The Kier molecular flexibility index (Phi) is 5.77. The number of fused-ring (bicyclic) bond motifs is 1. The van der Waals surface area contributed by atoms with Crippen molar-refractivity contribution in [1.29, 1.82) is 0 Å². The second-order valence-electron chi connectivity index (χ2n) is 8.20. The van der Waals surface area contributed by atoms with Crippen LogP contribution in [0.3, 0.4) is 0 Å². The maximum absolute atomic E-state index is 14.0. The lowest BCUT2D eigenvalue weighted by Crippen LogP contribution is -2.34. The van der Waals surface area contributed by atoms with Crippen molar-refractivity contribution in [3.8, 4) is 28.3 Å². The first-order valence-corrected chi connectivity index (χ1v) is 11.0. The Morgan fingerprint density at radius 1 is 1.08 bits per heavy atom. The predicted molar refractivity (Wildman–Crippen MR) is 129 cm³/mol. The third-order valence-corrected chi connectivity index (χ3v) is 5.80. The summed E-state index contributed by atoms with van der Waals surface area (Å²) in [5.41, 5.74) is 4.39. The summed E-state index contributed by atoms with van der Waals surface area (Å²) in [7, 11) is 1.55. The number of aromatic nitrogens is 5. The fourth-order valence-electron chi connectivity index (χ4n) is 3.87. The lowest BCUT2D eigenvalue weighted by Gasteiger charge is -2.09. The number of hydrogen-bond donors (Lipinski definition) is 2. The molecule has 0 radical (unpaired) electrons. The van der Waals surface area contributed by atoms with E-state index in [0.717, 1.165) is 4.73 Å². The number of amides is 1. The van der Waals surface area contributed by atoms with Crippen LogP contribution >= 0.6 is 0 Å². The van der Waals surface area contributed by atoms with Gasteiger partial charge in [-0.25, -0.2) is 18.9 Å². The SMILES string of the molecule is COc1ccnn2c(-c3ccnc(NC(=O)c4ccc(C)[n+](O)c4)c3)c(-c3ccc(F)c(C)c3)nc12. The first-order chi connectivity index (χ1) is 17.4. The summed E-state index contributed by atoms with van der Waals surface area (Å²) >= 11 is 0. The third-order valence-electron chi connectivity index (χ3n) is 5.80. The molecule has 0 aliphatic heterocycles. The minimum absolute atomic E-state index is 0.263. The summed E-state index contributed by atoms with van der Waals surface area (Å²) in [6.07, 6.45) is 4.48. The molecule has 9 nitrogen and oxygen atoms in total. The van der Waals surface area contributed by atoms with Crippen molar-refractivity contribution in [2.24, 2.45) is 0 Å². The van der Waals surface area contributed by atoms with Crippen LogP contribution in [0.1, 0.15) is 21.6 Å². The summed E-state index contributed by atoms with van der Waals surface area (Å²) < 4.78 is 22.0. The standard InChI is InChI=1S/C26H21FN6O3/c1-15-12-17(6-7-20(15)27)23-24(33-25(31-23)21(36-3)9-11-29-33)18-8-10-28-22(13-18)30-26(34)19-5-4-16(2)32(35)14-19/h4-14H,1-3H3,(H-,28,30,34,35)/p+1. The molecule has 1 amide bonds. The lowest BCUT2D eigenvalue weighted by molar-refractivity contribution is -0.908. The highest BCUT2D eigenvalue weighted by Crippen LogP contribution is 2.35. The fourth-order valence-corrected chi connectivity index (χ4v) is 3.87. The van der Waals surface area contributed by atoms with Crippen molar-refractivity contribution >= 4 is 17.4 Å². The molecular weight excluding hydrogens is 463 g/mol. The zero-order valence-corrected chi connectivity index (χ0v) is 19.7. The Bertz CT molecular complexity index is 1630. The number of benzene rings is 1. The topological polar surface area (TPSA) is 106 Å². The zero-order valence-electron chi connectivity index (χ0n) is 19.7. The molecule has 10 heteroatoms. The first-order valence-electron chi connectivity index (χ1n) is 11.0. The monoisotopic (exact) mass is 485 g/mol. The van der Waals surface area contributed by atoms with Crippen LogP contribution in [0.25, 0.3) is 28.2 Å². The lowest BCUT2D eigenvalue weighted by atomic mass is 10.0. The molecule has 36 heavy (non-hydrogen) atoms. The largest absolute Gasteiger partial charge is 0.493 e. The van der Waals surface area contributed by atoms with Gasteiger partial charge in [0.2, 0.25) is 11.9 Å². The molecule has 0 saturated heterocycles. The van der Waals surface area contributed by atoms with Crippen LogP contribution in [0.2, 0.25) is 0 Å². The van der Waals surface area contributed by atoms with Gasteiger partial charge in [-0.05, 0) is 48.9 Å². The maximum Gasteiger partial charge on any atom is 0.263 e. The van der Waals surface area contributed by atoms with E-state index in [-0.39, 0.29) is 11.4 Å². The van der Waals surface area contributed by atoms with Gasteiger partial charge in [-0.3, -0.25) is 10.0 Å². The normalized spacial score (nSPS) is 11.0. The van der Waals surface area contributed by atoms with Crippen LogP contribution in [0, 0.1) is 19.7 Å². The smallest absolute Gasteiger partial charge is 0.263 e. The van der Waals surface area contributed by atoms with Crippen LogP contribution < -0.4 is 14.8 Å². The number of pyridine rings is 2. The molecule has 0 fully saturated rings. The average Bonchev–Trinajstić information content (AvgIpc) is 3.27. The second kappa shape index (κ2) is 9.06. The van der Waals surface area contributed by atoms with Crippen molar-refractivity contribution in [1.82, 2.24) is 19.6 Å². The average molecular weight is 485 g/mol. The highest BCUT2D eigenvalue weighted by atomic mass is 19.1. The molecule has 5 aromatic rings. The first kappa shape index (κ1) is 22.9. The van der Waals surface area contributed by atoms with Crippen LogP contribution in [0.4, 0.5) is 10.2 Å². The Hall–Kier alpha value is -4.86. The van der Waals surface area contributed by atoms with Crippen molar-refractivity contribution < 1.29 is 23.9 Å². The number of carbonyl (C=O) groups is 1. The highest BCUT2D eigenvalue weighted by molar-refractivity contribution is 6.03. The molecule has 0 aliphatic rings. The molecule has 0 bridgehead atoms. The molecule has 0 aliphatic carbocycles. The van der Waals surface area contributed by atoms with Crippen molar-refractivity contribution in [3.63, 3.8) is 0 Å². The zero-order chi connectivity index (χ0) is 25.4. The highest BCUT2D eigenvalue weighted by Gasteiger charge is 2.21. The van der Waals surface area contributed by atoms with Crippen LogP contribution in [0.5, 0.6) is 5.75 Å². The Morgan fingerprint density at radius 3 is 2.67 bits per heavy atom. The minimum Gasteiger partial charge on any atom is -0.493 e. The van der Waals surface area contributed by atoms with Crippen LogP contribution in [-0.2, 0) is 0 Å². The van der Waals surface area contributed by atoms with E-state index >= 15 is 0 Å². The van der Waals surface area contributed by atoms with Crippen LogP contribution in [-0.4, -0.2) is 37.8 Å². The molecule has 180 valence electrons. The van der Waals surface area contributed by atoms with Crippen molar-refractivity contribution in [2.45, 2.75) is 13.8 Å². The van der Waals surface area contributed by atoms with Gasteiger partial charge in [-0.1, -0.05) is 0 Å². The maximum atomic E-state index is 14.0. The molecule has 2 N–H and O–H groups in total. The van der Waals surface area contributed by atoms with E-state index in [1.165, 1.54) is 12.3 Å². The Morgan fingerprint density at radius 2 is 1.92 bits per heavy atom. The Balaban J connectivity index is 1.62. The molecule has 5 rings (SSSR count). The second-order valence-corrected chi connectivity index (χ2v) is 8.20. The number of anilines is 1. The number of ether oxygens (including phenoxy) is 1. The van der Waals surface area contributed by atoms with Gasteiger partial charge in [-0.15, -0.1) is 0 Å². The van der Waals surface area contributed by atoms with E-state index in [2.05, 4.69) is 15.4 Å². The van der Waals surface area contributed by atoms with Gasteiger partial charge in [0.1, 0.15) is 22.9 Å². The summed E-state index contributed by atoms with van der Waals surface area (Å²) in [6.45, 7) is 3.40. The van der Waals surface area contributed by atoms with Gasteiger partial charge in [0.25, 0.3) is 5.91 Å². The van der Waals surface area contributed by atoms with E-state index < -0.39 is 5.91 Å². The third kappa shape index (κ3) is 4.09. The van der Waals surface area contributed by atoms with Crippen LogP contribution in [0.15, 0.2) is 67.1 Å². The van der Waals surface area contributed by atoms with Gasteiger partial charge < -0.3 is 10.1 Å². The van der Waals surface area contributed by atoms with E-state index in [1.54, 1.807) is 80.3 Å². The number of imidazole rings is 1. The molecule has 1 aromatic carbocycles. The van der Waals surface area contributed by atoms with E-state index in [0.29, 0.717) is 51.0 Å². The fraction of sp³-hybridized carbons (Fsp3) is 0.115. The van der Waals surface area contributed by atoms with Gasteiger partial charge >= 0.3 is 0 Å². The quantitative estimate of drug-likeness (QED) is 0.288. The van der Waals surface area contributed by atoms with E-state index in [4.69, 9.17) is 9.72 Å². The number of hydrogen-bond acceptors (Lipinski definition) is 6. The number of nitrogens with zero attached hydrogens (tertiary/aromatic N) is 5. The molecule has 0 atom stereocenters. The van der Waals surface area contributed by atoms with Gasteiger partial charge in [-0.2, -0.15) is 5.10 Å². The molecule has 4 aromatic heterocycles.